The summed E-state index contributed by atoms with van der Waals surface area (Å²) in [5.74, 6) is -0.0709. The first-order valence-corrected chi connectivity index (χ1v) is 32.4. The number of nitrogens with one attached hydrogen (secondary N) is 1. The molecule has 73 heavy (non-hydrogen) atoms. The van der Waals surface area contributed by atoms with Gasteiger partial charge in [-0.05, 0) is 89.9 Å². The molecule has 2 atom stereocenters. The lowest BCUT2D eigenvalue weighted by Gasteiger charge is -2.20. The maximum atomic E-state index is 12.5. The van der Waals surface area contributed by atoms with Crippen LogP contribution >= 0.6 is 0 Å². The number of carbonyl (C=O) groups excluding carboxylic acids is 2. The van der Waals surface area contributed by atoms with Crippen LogP contribution in [0.4, 0.5) is 0 Å². The molecule has 0 aromatic heterocycles. The van der Waals surface area contributed by atoms with Crippen LogP contribution in [0.15, 0.2) is 48.6 Å². The monoisotopic (exact) mass is 1020 g/mol. The van der Waals surface area contributed by atoms with Gasteiger partial charge in [0, 0.05) is 12.8 Å². The molecule has 1 amide bonds. The number of hydrogen-bond acceptors (Lipinski definition) is 5. The zero-order valence-electron chi connectivity index (χ0n) is 48.9. The highest BCUT2D eigenvalue weighted by atomic mass is 16.5. The molecule has 0 aliphatic carbocycles. The molecule has 0 aromatic carbocycles. The average molecular weight is 1020 g/mol. The van der Waals surface area contributed by atoms with Gasteiger partial charge in [0.05, 0.1) is 25.4 Å². The van der Waals surface area contributed by atoms with E-state index in [0.29, 0.717) is 19.4 Å². The molecule has 0 saturated carbocycles. The van der Waals surface area contributed by atoms with Gasteiger partial charge < -0.3 is 20.3 Å². The van der Waals surface area contributed by atoms with Crippen LogP contribution in [-0.2, 0) is 14.3 Å². The van der Waals surface area contributed by atoms with E-state index in [2.05, 4.69) is 55.6 Å². The van der Waals surface area contributed by atoms with Crippen molar-refractivity contribution in [1.29, 1.82) is 0 Å². The second kappa shape index (κ2) is 62.4. The minimum atomic E-state index is -0.847. The zero-order valence-corrected chi connectivity index (χ0v) is 48.9. The third kappa shape index (κ3) is 58.9. The molecular formula is C67H125NO5. The van der Waals surface area contributed by atoms with Crippen LogP contribution in [0.25, 0.3) is 0 Å². The van der Waals surface area contributed by atoms with E-state index in [4.69, 9.17) is 4.74 Å². The summed E-state index contributed by atoms with van der Waals surface area (Å²) < 4.78 is 5.48. The number of allylic oxidation sites excluding steroid dienone is 7. The van der Waals surface area contributed by atoms with Crippen LogP contribution in [0.5, 0.6) is 0 Å². The van der Waals surface area contributed by atoms with Crippen molar-refractivity contribution in [3.63, 3.8) is 0 Å². The molecule has 0 aromatic rings. The highest BCUT2D eigenvalue weighted by molar-refractivity contribution is 5.76. The number of aliphatic hydroxyl groups excluding tert-OH is 2. The van der Waals surface area contributed by atoms with Crippen LogP contribution in [0.3, 0.4) is 0 Å². The van der Waals surface area contributed by atoms with E-state index in [0.717, 1.165) is 51.4 Å². The van der Waals surface area contributed by atoms with E-state index < -0.39 is 12.1 Å². The minimum absolute atomic E-state index is 0.000640. The number of unbranched alkanes of at least 4 members (excludes halogenated alkanes) is 43. The molecule has 0 aliphatic rings. The predicted molar refractivity (Wildman–Crippen MR) is 319 cm³/mol. The van der Waals surface area contributed by atoms with Crippen LogP contribution in [0.1, 0.15) is 341 Å². The van der Waals surface area contributed by atoms with Crippen LogP contribution < -0.4 is 5.32 Å². The van der Waals surface area contributed by atoms with Crippen molar-refractivity contribution in [1.82, 2.24) is 5.32 Å². The Morgan fingerprint density at radius 3 is 1.07 bits per heavy atom. The highest BCUT2D eigenvalue weighted by Gasteiger charge is 2.18. The van der Waals surface area contributed by atoms with E-state index in [1.165, 1.54) is 263 Å². The zero-order chi connectivity index (χ0) is 52.9. The molecule has 428 valence electrons. The fourth-order valence-electron chi connectivity index (χ4n) is 9.84. The molecule has 0 rings (SSSR count). The Morgan fingerprint density at radius 1 is 0.384 bits per heavy atom. The van der Waals surface area contributed by atoms with Crippen molar-refractivity contribution < 1.29 is 24.5 Å². The van der Waals surface area contributed by atoms with Gasteiger partial charge in [0.2, 0.25) is 5.91 Å². The SMILES string of the molecule is CCCCCC/C=C\C/C=C\CCCCCCCC(=O)OCCCCCCCCCCCCCC/C=C\CCCCCCCCCCCC(=O)NC(CO)C(O)/C=C/CCCCCCCCCCCCCCC. The van der Waals surface area contributed by atoms with Gasteiger partial charge in [-0.25, -0.2) is 0 Å². The van der Waals surface area contributed by atoms with Gasteiger partial charge in [-0.1, -0.05) is 287 Å². The first kappa shape index (κ1) is 70.8. The Hall–Kier alpha value is -2.18. The second-order valence-corrected chi connectivity index (χ2v) is 22.1. The lowest BCUT2D eigenvalue weighted by atomic mass is 10.0. The number of carbonyl (C=O) groups is 2. The number of aliphatic hydroxyl groups is 2. The molecule has 6 nitrogen and oxygen atoms in total. The summed E-state index contributed by atoms with van der Waals surface area (Å²) in [5, 5.41) is 23.1. The average Bonchev–Trinajstić information content (AvgIpc) is 3.39. The standard InChI is InChI=1S/C67H125NO5/c1-3-5-7-9-11-13-15-17-19-33-37-41-45-49-53-57-61-67(72)73-62-58-54-50-46-42-38-34-30-28-26-24-22-20-21-23-25-27-29-32-36-40-44-48-52-56-60-66(71)68-64(63-69)65(70)59-55-51-47-43-39-35-31-18-16-14-12-10-8-6-4-2/h13,15,19,21,23,33,55,59,64-65,69-70H,3-12,14,16-18,20,22,24-32,34-54,56-58,60-63H2,1-2H3,(H,68,71)/b15-13-,23-21-,33-19-,59-55+. The van der Waals surface area contributed by atoms with Gasteiger partial charge in [0.15, 0.2) is 0 Å². The summed E-state index contributed by atoms with van der Waals surface area (Å²) in [5.41, 5.74) is 0. The third-order valence-corrected chi connectivity index (χ3v) is 14.8. The van der Waals surface area contributed by atoms with Crippen molar-refractivity contribution in [3.8, 4) is 0 Å². The highest BCUT2D eigenvalue weighted by Crippen LogP contribution is 2.17. The Balaban J connectivity index is 3.42. The van der Waals surface area contributed by atoms with Crippen molar-refractivity contribution in [2.75, 3.05) is 13.2 Å². The number of hydrogen-bond donors (Lipinski definition) is 3. The van der Waals surface area contributed by atoms with E-state index in [1.807, 2.05) is 6.08 Å². The fraction of sp³-hybridized carbons (Fsp3) is 0.851. The Bertz CT molecular complexity index is 1230. The lowest BCUT2D eigenvalue weighted by Crippen LogP contribution is -2.45. The maximum absolute atomic E-state index is 12.5. The number of ether oxygens (including phenoxy) is 1. The molecule has 2 unspecified atom stereocenters. The van der Waals surface area contributed by atoms with Gasteiger partial charge >= 0.3 is 5.97 Å². The number of amides is 1. The van der Waals surface area contributed by atoms with E-state index in [1.54, 1.807) is 6.08 Å². The normalized spacial score (nSPS) is 12.9. The molecule has 0 heterocycles. The predicted octanol–water partition coefficient (Wildman–Crippen LogP) is 20.5. The Labute approximate surface area is 455 Å². The van der Waals surface area contributed by atoms with Crippen molar-refractivity contribution >= 4 is 11.9 Å². The van der Waals surface area contributed by atoms with Gasteiger partial charge in [0.25, 0.3) is 0 Å². The fourth-order valence-corrected chi connectivity index (χ4v) is 9.84. The van der Waals surface area contributed by atoms with E-state index >= 15 is 0 Å². The topological polar surface area (TPSA) is 95.9 Å². The smallest absolute Gasteiger partial charge is 0.305 e. The summed E-state index contributed by atoms with van der Waals surface area (Å²) in [4.78, 5) is 24.5. The largest absolute Gasteiger partial charge is 0.466 e. The van der Waals surface area contributed by atoms with Gasteiger partial charge in [-0.3, -0.25) is 9.59 Å². The molecule has 0 aliphatic heterocycles. The molecular weight excluding hydrogens is 899 g/mol. The molecule has 0 radical (unpaired) electrons. The van der Waals surface area contributed by atoms with E-state index in [-0.39, 0.29) is 18.5 Å². The van der Waals surface area contributed by atoms with Gasteiger partial charge in [0.1, 0.15) is 0 Å². The van der Waals surface area contributed by atoms with Gasteiger partial charge in [-0.2, -0.15) is 0 Å². The molecule has 3 N–H and O–H groups in total. The molecule has 0 bridgehead atoms. The Morgan fingerprint density at radius 2 is 0.685 bits per heavy atom. The number of esters is 1. The van der Waals surface area contributed by atoms with Crippen LogP contribution in [0, 0.1) is 0 Å². The second-order valence-electron chi connectivity index (χ2n) is 22.1. The van der Waals surface area contributed by atoms with Gasteiger partial charge in [-0.15, -0.1) is 0 Å². The van der Waals surface area contributed by atoms with Crippen molar-refractivity contribution in [3.05, 3.63) is 48.6 Å². The minimum Gasteiger partial charge on any atom is -0.466 e. The molecule has 0 spiro atoms. The lowest BCUT2D eigenvalue weighted by molar-refractivity contribution is -0.143. The summed E-state index contributed by atoms with van der Waals surface area (Å²) in [6, 6.07) is -0.631. The summed E-state index contributed by atoms with van der Waals surface area (Å²) in [7, 11) is 0. The quantitative estimate of drug-likeness (QED) is 0.0320. The summed E-state index contributed by atoms with van der Waals surface area (Å²) in [6.07, 6.45) is 80.2. The molecule has 0 saturated heterocycles. The first-order chi connectivity index (χ1) is 36.0. The Kier molecular flexibility index (Phi) is 60.5. The summed E-state index contributed by atoms with van der Waals surface area (Å²) >= 11 is 0. The first-order valence-electron chi connectivity index (χ1n) is 32.4. The summed E-state index contributed by atoms with van der Waals surface area (Å²) in [6.45, 7) is 4.89. The van der Waals surface area contributed by atoms with Crippen molar-refractivity contribution in [2.24, 2.45) is 0 Å². The van der Waals surface area contributed by atoms with Crippen LogP contribution in [0.2, 0.25) is 0 Å². The number of rotatable bonds is 60. The molecule has 6 heteroatoms. The maximum Gasteiger partial charge on any atom is 0.305 e. The van der Waals surface area contributed by atoms with Crippen LogP contribution in [-0.4, -0.2) is 47.4 Å². The third-order valence-electron chi connectivity index (χ3n) is 14.8. The van der Waals surface area contributed by atoms with E-state index in [9.17, 15) is 19.8 Å². The van der Waals surface area contributed by atoms with Crippen molar-refractivity contribution in [2.45, 2.75) is 353 Å². The molecule has 0 fully saturated rings.